The summed E-state index contributed by atoms with van der Waals surface area (Å²) in [7, 11) is 1.32. The van der Waals surface area contributed by atoms with E-state index in [2.05, 4.69) is 4.98 Å². The number of hydrogen-bond donors (Lipinski definition) is 0. The topological polar surface area (TPSA) is 92.1 Å². The minimum atomic E-state index is -3.34. The van der Waals surface area contributed by atoms with Crippen LogP contribution >= 0.6 is 0 Å². The first-order valence-corrected chi connectivity index (χ1v) is 10.5. The summed E-state index contributed by atoms with van der Waals surface area (Å²) in [6.07, 6.45) is 3.54. The lowest BCUT2D eigenvalue weighted by atomic mass is 10.1. The van der Waals surface area contributed by atoms with E-state index in [1.54, 1.807) is 27.4 Å². The molecule has 0 radical (unpaired) electrons. The van der Waals surface area contributed by atoms with Crippen LogP contribution in [0.25, 0.3) is 11.4 Å². The normalized spacial score (nSPS) is 21.4. The van der Waals surface area contributed by atoms with E-state index < -0.39 is 10.0 Å². The van der Waals surface area contributed by atoms with Gasteiger partial charge in [0.1, 0.15) is 5.82 Å². The summed E-state index contributed by atoms with van der Waals surface area (Å²) in [5.41, 5.74) is 0.798. The van der Waals surface area contributed by atoms with Gasteiger partial charge in [-0.15, -0.1) is 0 Å². The highest BCUT2D eigenvalue weighted by molar-refractivity contribution is 7.89. The minimum absolute atomic E-state index is 0.0206. The average Bonchev–Trinajstić information content (AvgIpc) is 3.39. The Kier molecular flexibility index (Phi) is 4.94. The van der Waals surface area contributed by atoms with Gasteiger partial charge in [-0.2, -0.15) is 0 Å². The highest BCUT2D eigenvalue weighted by atomic mass is 32.2. The summed E-state index contributed by atoms with van der Waals surface area (Å²) in [5, 5.41) is 0. The van der Waals surface area contributed by atoms with Crippen LogP contribution in [0.1, 0.15) is 6.04 Å². The van der Waals surface area contributed by atoms with Crippen LogP contribution in [0.5, 0.6) is 17.2 Å². The Balaban J connectivity index is 1.68. The fourth-order valence-corrected chi connectivity index (χ4v) is 4.69. The van der Waals surface area contributed by atoms with Gasteiger partial charge < -0.3 is 23.5 Å². The van der Waals surface area contributed by atoms with E-state index in [0.29, 0.717) is 36.3 Å². The third-order valence-corrected chi connectivity index (χ3v) is 7.05. The lowest BCUT2D eigenvalue weighted by molar-refractivity contribution is 0.171. The van der Waals surface area contributed by atoms with Crippen LogP contribution in [0.3, 0.4) is 0 Å². The fourth-order valence-electron chi connectivity index (χ4n) is 3.54. The van der Waals surface area contributed by atoms with Gasteiger partial charge in [0.15, 0.2) is 11.5 Å². The Labute approximate surface area is 163 Å². The van der Waals surface area contributed by atoms with E-state index in [-0.39, 0.29) is 24.5 Å². The number of sulfonamides is 1. The Hall–Kier alpha value is -2.30. The van der Waals surface area contributed by atoms with Gasteiger partial charge in [-0.3, -0.25) is 0 Å². The maximum atomic E-state index is 12.4. The molecule has 0 spiro atoms. The van der Waals surface area contributed by atoms with Gasteiger partial charge in [-0.1, -0.05) is 0 Å². The van der Waals surface area contributed by atoms with Gasteiger partial charge in [-0.05, 0) is 12.1 Å². The van der Waals surface area contributed by atoms with E-state index in [1.807, 2.05) is 22.9 Å². The summed E-state index contributed by atoms with van der Waals surface area (Å²) >= 11 is 0. The molecule has 1 aromatic carbocycles. The Morgan fingerprint density at radius 1 is 1.29 bits per heavy atom. The molecule has 0 aliphatic carbocycles. The van der Waals surface area contributed by atoms with Gasteiger partial charge in [0.2, 0.25) is 22.6 Å². The zero-order chi connectivity index (χ0) is 19.9. The number of ether oxygens (including phenoxy) is 4. The maximum Gasteiger partial charge on any atom is 0.231 e. The molecule has 10 heteroatoms. The predicted octanol–water partition coefficient (Wildman–Crippen LogP) is 1.37. The standard InChI is InChI=1S/C18H23N3O6S/c1-20(2)28(22,23)10-13-8-25-9-14(13)21-5-4-19-18(21)12-6-15(24-3)17-16(7-12)26-11-27-17/h4-7,13-14H,8-11H2,1-3H3/t13-,14-/m1/s1. The summed E-state index contributed by atoms with van der Waals surface area (Å²) in [5.74, 6) is 2.28. The second-order valence-corrected chi connectivity index (χ2v) is 9.22. The van der Waals surface area contributed by atoms with Gasteiger partial charge in [0, 0.05) is 38.0 Å². The molecule has 0 saturated carbocycles. The molecule has 0 N–H and O–H groups in total. The van der Waals surface area contributed by atoms with Crippen LogP contribution in [0.4, 0.5) is 0 Å². The summed E-state index contributed by atoms with van der Waals surface area (Å²) in [4.78, 5) is 4.49. The van der Waals surface area contributed by atoms with Crippen LogP contribution < -0.4 is 14.2 Å². The number of imidazole rings is 1. The summed E-state index contributed by atoms with van der Waals surface area (Å²) < 4.78 is 50.0. The molecular weight excluding hydrogens is 386 g/mol. The largest absolute Gasteiger partial charge is 0.493 e. The first-order valence-electron chi connectivity index (χ1n) is 8.89. The van der Waals surface area contributed by atoms with Crippen molar-refractivity contribution in [3.8, 4) is 28.6 Å². The lowest BCUT2D eigenvalue weighted by Crippen LogP contribution is -2.32. The molecule has 0 amide bonds. The molecule has 9 nitrogen and oxygen atoms in total. The number of aromatic nitrogens is 2. The molecule has 2 aromatic rings. The third-order valence-electron chi connectivity index (χ3n) is 5.09. The Morgan fingerprint density at radius 3 is 2.86 bits per heavy atom. The maximum absolute atomic E-state index is 12.4. The highest BCUT2D eigenvalue weighted by Gasteiger charge is 2.35. The molecule has 2 atom stereocenters. The molecule has 1 saturated heterocycles. The third kappa shape index (κ3) is 3.31. The van der Waals surface area contributed by atoms with Crippen molar-refractivity contribution in [1.29, 1.82) is 0 Å². The van der Waals surface area contributed by atoms with Crippen LogP contribution in [0.15, 0.2) is 24.5 Å². The van der Waals surface area contributed by atoms with Crippen molar-refractivity contribution < 1.29 is 27.4 Å². The van der Waals surface area contributed by atoms with Gasteiger partial charge in [-0.25, -0.2) is 17.7 Å². The van der Waals surface area contributed by atoms with E-state index in [1.165, 1.54) is 4.31 Å². The number of fused-ring (bicyclic) bond motifs is 1. The number of rotatable bonds is 6. The number of methoxy groups -OCH3 is 1. The average molecular weight is 409 g/mol. The zero-order valence-electron chi connectivity index (χ0n) is 16.0. The monoisotopic (exact) mass is 409 g/mol. The Morgan fingerprint density at radius 2 is 2.11 bits per heavy atom. The van der Waals surface area contributed by atoms with Crippen LogP contribution in [-0.2, 0) is 14.8 Å². The fraction of sp³-hybridized carbons (Fsp3) is 0.500. The quantitative estimate of drug-likeness (QED) is 0.711. The number of nitrogens with zero attached hydrogens (tertiary/aromatic N) is 3. The Bertz CT molecular complexity index is 972. The van der Waals surface area contributed by atoms with Gasteiger partial charge >= 0.3 is 0 Å². The minimum Gasteiger partial charge on any atom is -0.493 e. The molecule has 3 heterocycles. The van der Waals surface area contributed by atoms with Crippen LogP contribution in [0, 0.1) is 5.92 Å². The molecule has 0 unspecified atom stereocenters. The van der Waals surface area contributed by atoms with E-state index in [0.717, 1.165) is 5.56 Å². The van der Waals surface area contributed by atoms with E-state index >= 15 is 0 Å². The van der Waals surface area contributed by atoms with Crippen LogP contribution in [0.2, 0.25) is 0 Å². The smallest absolute Gasteiger partial charge is 0.231 e. The van der Waals surface area contributed by atoms with Gasteiger partial charge in [0.25, 0.3) is 0 Å². The zero-order valence-corrected chi connectivity index (χ0v) is 16.8. The molecule has 0 bridgehead atoms. The first-order chi connectivity index (χ1) is 13.4. The second kappa shape index (κ2) is 7.26. The molecule has 2 aliphatic heterocycles. The van der Waals surface area contributed by atoms with Gasteiger partial charge in [0.05, 0.1) is 32.1 Å². The molecule has 1 aromatic heterocycles. The van der Waals surface area contributed by atoms with Crippen molar-refractivity contribution in [2.75, 3.05) is 47.0 Å². The van der Waals surface area contributed by atoms with Crippen molar-refractivity contribution in [3.05, 3.63) is 24.5 Å². The summed E-state index contributed by atoms with van der Waals surface area (Å²) in [6.45, 7) is 0.961. The molecule has 28 heavy (non-hydrogen) atoms. The second-order valence-electron chi connectivity index (χ2n) is 7.00. The molecule has 1 fully saturated rings. The first kappa shape index (κ1) is 19.0. The van der Waals surface area contributed by atoms with Crippen molar-refractivity contribution in [1.82, 2.24) is 13.9 Å². The lowest BCUT2D eigenvalue weighted by Gasteiger charge is -2.22. The summed E-state index contributed by atoms with van der Waals surface area (Å²) in [6, 6.07) is 3.56. The molecule has 2 aliphatic rings. The predicted molar refractivity (Wildman–Crippen MR) is 101 cm³/mol. The molecular formula is C18H23N3O6S. The van der Waals surface area contributed by atoms with Crippen LogP contribution in [-0.4, -0.2) is 69.2 Å². The van der Waals surface area contributed by atoms with Crippen molar-refractivity contribution in [2.45, 2.75) is 6.04 Å². The van der Waals surface area contributed by atoms with Crippen molar-refractivity contribution >= 4 is 10.0 Å². The molecule has 4 rings (SSSR count). The SMILES string of the molecule is COc1cc(-c2nccn2[C@@H]2COC[C@@H]2CS(=O)(=O)N(C)C)cc2c1OCO2. The van der Waals surface area contributed by atoms with E-state index in [4.69, 9.17) is 18.9 Å². The molecule has 152 valence electrons. The van der Waals surface area contributed by atoms with E-state index in [9.17, 15) is 8.42 Å². The van der Waals surface area contributed by atoms with Crippen molar-refractivity contribution in [2.24, 2.45) is 5.92 Å². The highest BCUT2D eigenvalue weighted by Crippen LogP contribution is 2.44. The number of hydrogen-bond acceptors (Lipinski definition) is 7. The van der Waals surface area contributed by atoms with Crippen molar-refractivity contribution in [3.63, 3.8) is 0 Å². The number of benzene rings is 1.